The molecule has 8 nitrogen and oxygen atoms in total. The van der Waals surface area contributed by atoms with Crippen molar-refractivity contribution in [2.75, 3.05) is 0 Å². The van der Waals surface area contributed by atoms with Crippen LogP contribution in [0.25, 0.3) is 0 Å². The Bertz CT molecular complexity index is 1480. The molecular formula is C38H89N2O6P23. The number of carbonyl (C=O) groups is 4. The lowest BCUT2D eigenvalue weighted by atomic mass is 9.92. The average molecular weight is 1380 g/mol. The summed E-state index contributed by atoms with van der Waals surface area (Å²) in [5, 5.41) is 6.32. The van der Waals surface area contributed by atoms with E-state index in [9.17, 15) is 19.2 Å². The Morgan fingerprint density at radius 1 is 0.580 bits per heavy atom. The van der Waals surface area contributed by atoms with Gasteiger partial charge in [-0.3, -0.25) is 19.2 Å². The van der Waals surface area contributed by atoms with Gasteiger partial charge >= 0.3 is 11.9 Å². The number of esters is 2. The van der Waals surface area contributed by atoms with Crippen LogP contribution in [0.15, 0.2) is 47.6 Å². The summed E-state index contributed by atoms with van der Waals surface area (Å²) in [6.07, 6.45) is 22.3. The highest BCUT2D eigenvalue weighted by Crippen LogP contribution is 3.16. The van der Waals surface area contributed by atoms with E-state index in [1.165, 1.54) is 25.0 Å². The summed E-state index contributed by atoms with van der Waals surface area (Å²) < 4.78 is 10.8. The van der Waals surface area contributed by atoms with E-state index in [1.54, 1.807) is 0 Å². The minimum Gasteiger partial charge on any atom is -0.458 e. The van der Waals surface area contributed by atoms with Crippen LogP contribution in [0.4, 0.5) is 0 Å². The van der Waals surface area contributed by atoms with Gasteiger partial charge in [-0.1, -0.05) is 83.9 Å². The van der Waals surface area contributed by atoms with Gasteiger partial charge in [0.15, 0.2) is 0 Å². The van der Waals surface area contributed by atoms with Crippen molar-refractivity contribution in [3.8, 4) is 0 Å². The maximum atomic E-state index is 12.1. The third-order valence-corrected chi connectivity index (χ3v) is 136. The Morgan fingerprint density at radius 2 is 0.928 bits per heavy atom. The molecule has 2 N–H and O–H groups in total. The summed E-state index contributed by atoms with van der Waals surface area (Å²) in [4.78, 5) is 46.8. The van der Waals surface area contributed by atoms with Crippen LogP contribution in [0.1, 0.15) is 132 Å². The number of nitrogens with one attached hydrogen (secondary N) is 2. The SMILES string of the molecule is CCC=C(C)C1NC(=O)CCCCCC(OC(C)=O)C=CC1C.CCC=C(C)C1NC(=O)CCCCCC(OC(C)=O)C=CC1C.PP(P)P(P)P(P(P)P)P(P)P.PPP(P)P(P(P)P)P(P)P. The molecule has 69 heavy (non-hydrogen) atoms. The van der Waals surface area contributed by atoms with Gasteiger partial charge in [-0.2, -0.15) is 0 Å². The van der Waals surface area contributed by atoms with Crippen LogP contribution >= 0.6 is 187 Å². The summed E-state index contributed by atoms with van der Waals surface area (Å²) in [6, 6.07) is -0.00721. The van der Waals surface area contributed by atoms with E-state index in [2.05, 4.69) is 193 Å². The lowest BCUT2D eigenvalue weighted by Crippen LogP contribution is -2.40. The van der Waals surface area contributed by atoms with Gasteiger partial charge < -0.3 is 20.1 Å². The van der Waals surface area contributed by atoms with Crippen LogP contribution in [0.5, 0.6) is 0 Å². The number of allylic oxidation sites excluding steroid dienone is 2. The molecule has 0 saturated heterocycles. The van der Waals surface area contributed by atoms with Gasteiger partial charge in [-0.15, -0.1) is 116 Å². The predicted molar refractivity (Wildman–Crippen MR) is 383 cm³/mol. The van der Waals surface area contributed by atoms with Gasteiger partial charge in [-0.25, -0.2) is 0 Å². The molecule has 2 aliphatic heterocycles. The first-order valence-corrected chi connectivity index (χ1v) is 62.6. The van der Waals surface area contributed by atoms with Gasteiger partial charge in [0.05, 0.1) is 12.1 Å². The van der Waals surface area contributed by atoms with Crippen molar-refractivity contribution >= 4 is 211 Å². The predicted octanol–water partition coefficient (Wildman–Crippen LogP) is 20.4. The molecule has 402 valence electrons. The molecule has 2 amide bonds. The smallest absolute Gasteiger partial charge is 0.303 e. The van der Waals surface area contributed by atoms with Crippen molar-refractivity contribution in [1.82, 2.24) is 10.6 Å². The highest BCUT2D eigenvalue weighted by atomic mass is 33.3. The average Bonchev–Trinajstić information content (AvgIpc) is 3.24. The Hall–Kier alpha value is 6.73. The van der Waals surface area contributed by atoms with Crippen LogP contribution in [-0.4, -0.2) is 48.0 Å². The molecule has 0 aromatic rings. The van der Waals surface area contributed by atoms with Crippen LogP contribution < -0.4 is 10.6 Å². The second-order valence-corrected chi connectivity index (χ2v) is 100. The minimum absolute atomic E-state index is 0.00361. The molecule has 0 aromatic carbocycles. The molecule has 22 atom stereocenters. The molecule has 0 spiro atoms. The second-order valence-electron chi connectivity index (χ2n) is 16.0. The number of hydrogen-bond acceptors (Lipinski definition) is 6. The van der Waals surface area contributed by atoms with Gasteiger partial charge in [0, 0.05) is 26.7 Å². The molecule has 0 fully saturated rings. The number of carbonyl (C=O) groups excluding carboxylic acids is 4. The summed E-state index contributed by atoms with van der Waals surface area (Å²) in [7, 11) is 39.9. The van der Waals surface area contributed by atoms with E-state index in [4.69, 9.17) is 9.47 Å². The number of rotatable bonds is 14. The molecule has 2 heterocycles. The van der Waals surface area contributed by atoms with Crippen molar-refractivity contribution in [3.05, 3.63) is 47.6 Å². The van der Waals surface area contributed by atoms with E-state index >= 15 is 0 Å². The van der Waals surface area contributed by atoms with Crippen molar-refractivity contribution in [2.45, 2.75) is 157 Å². The lowest BCUT2D eigenvalue weighted by molar-refractivity contribution is -0.145. The maximum absolute atomic E-state index is 12.1. The molecule has 2 aliphatic rings. The number of hydrogen-bond donors (Lipinski definition) is 2. The fourth-order valence-corrected chi connectivity index (χ4v) is 204. The van der Waals surface area contributed by atoms with Crippen LogP contribution in [-0.2, 0) is 28.7 Å². The topological polar surface area (TPSA) is 111 Å². The van der Waals surface area contributed by atoms with E-state index in [0.29, 0.717) is 12.8 Å². The summed E-state index contributed by atoms with van der Waals surface area (Å²) >= 11 is 0. The Kier molecular flexibility index (Phi) is 53.3. The minimum atomic E-state index is -0.244. The van der Waals surface area contributed by atoms with Gasteiger partial charge in [0.25, 0.3) is 0 Å². The number of ether oxygens (including phenoxy) is 2. The van der Waals surface area contributed by atoms with Crippen molar-refractivity contribution in [2.24, 2.45) is 11.8 Å². The first-order valence-electron chi connectivity index (χ1n) is 22.5. The van der Waals surface area contributed by atoms with Crippen LogP contribution in [0.2, 0.25) is 0 Å². The summed E-state index contributed by atoms with van der Waals surface area (Å²) in [5.74, 6) is 0.0588. The second kappa shape index (κ2) is 47.2. The fraction of sp³-hybridized carbons (Fsp3) is 0.684. The van der Waals surface area contributed by atoms with E-state index in [0.717, 1.165) is 72.2 Å². The Morgan fingerprint density at radius 3 is 1.17 bits per heavy atom. The summed E-state index contributed by atoms with van der Waals surface area (Å²) in [6.45, 7) is 16.9. The normalized spacial score (nSPS) is 23.6. The standard InChI is InChI=1S/2C19H31NO3.H14P12.H13P11/c2*1-5-9-14(2)19-15(3)12-13-17(23-16(4)21)10-7-6-8-11-18(22)20-19;1-8(2)11(7)12(9(3)4)10(5)6;1-7-10(6)11(8(2)3)9(4)5/h2*9,12-13,15,17,19H,5-8,10-11H2,1-4H3,(H,20,22);1-7H2;7H,1-6H2. The van der Waals surface area contributed by atoms with Crippen LogP contribution in [0, 0.1) is 11.8 Å². The fourth-order valence-electron chi connectivity index (χ4n) is 6.78. The molecule has 0 aliphatic carbocycles. The van der Waals surface area contributed by atoms with Crippen LogP contribution in [0.3, 0.4) is 0 Å². The van der Waals surface area contributed by atoms with E-state index in [-0.39, 0.29) is 123 Å². The molecule has 0 bridgehead atoms. The monoisotopic (exact) mass is 1380 g/mol. The first kappa shape index (κ1) is 77.8. The van der Waals surface area contributed by atoms with Crippen molar-refractivity contribution in [1.29, 1.82) is 0 Å². The zero-order valence-corrected chi connectivity index (χ0v) is 66.0. The van der Waals surface area contributed by atoms with Gasteiger partial charge in [0.2, 0.25) is 11.8 Å². The van der Waals surface area contributed by atoms with E-state index in [1.807, 2.05) is 12.2 Å². The highest BCUT2D eigenvalue weighted by molar-refractivity contribution is 9.22. The van der Waals surface area contributed by atoms with Gasteiger partial charge in [-0.05, 0) is 152 Å². The molecular weight excluding hydrogens is 1290 g/mol. The molecule has 0 saturated carbocycles. The lowest BCUT2D eigenvalue weighted by Gasteiger charge is -2.32. The molecule has 31 heteroatoms. The summed E-state index contributed by atoms with van der Waals surface area (Å²) in [5.41, 5.74) is 2.36. The third kappa shape index (κ3) is 39.0. The van der Waals surface area contributed by atoms with Crippen molar-refractivity contribution < 1.29 is 28.7 Å². The molecule has 0 radical (unpaired) electrons. The van der Waals surface area contributed by atoms with E-state index < -0.39 is 0 Å². The Balaban J connectivity index is 0. The third-order valence-electron chi connectivity index (χ3n) is 9.97. The quantitative estimate of drug-likeness (QED) is 0.102. The van der Waals surface area contributed by atoms with Crippen molar-refractivity contribution in [3.63, 3.8) is 0 Å². The first-order chi connectivity index (χ1) is 32.2. The zero-order valence-electron chi connectivity index (χ0n) is 41.9. The molecule has 22 unspecified atom stereocenters. The highest BCUT2D eigenvalue weighted by Gasteiger charge is 2.27. The number of amides is 2. The Labute approximate surface area is 462 Å². The van der Waals surface area contributed by atoms with Gasteiger partial charge in [0.1, 0.15) is 12.2 Å². The largest absolute Gasteiger partial charge is 0.458 e. The maximum Gasteiger partial charge on any atom is 0.303 e. The molecule has 2 rings (SSSR count). The molecule has 0 aromatic heterocycles. The zero-order chi connectivity index (χ0) is 53.4.